The number of hydrogen-bond acceptors (Lipinski definition) is 6. The van der Waals surface area contributed by atoms with Crippen molar-refractivity contribution in [1.29, 1.82) is 0 Å². The molecule has 0 unspecified atom stereocenters. The number of nitrogens with one attached hydrogen (secondary N) is 1. The highest BCUT2D eigenvalue weighted by atomic mass is 16.5. The number of carbonyl (C=O) groups is 3. The van der Waals surface area contributed by atoms with E-state index in [-0.39, 0.29) is 29.4 Å². The highest BCUT2D eigenvalue weighted by molar-refractivity contribution is 6.12. The van der Waals surface area contributed by atoms with Gasteiger partial charge in [0.1, 0.15) is 22.6 Å². The summed E-state index contributed by atoms with van der Waals surface area (Å²) in [7, 11) is 0. The lowest BCUT2D eigenvalue weighted by atomic mass is 10.1. The summed E-state index contributed by atoms with van der Waals surface area (Å²) in [6.45, 7) is 7.78. The highest BCUT2D eigenvalue weighted by Crippen LogP contribution is 2.28. The number of amides is 2. The Labute approximate surface area is 163 Å². The molecule has 0 saturated carbocycles. The van der Waals surface area contributed by atoms with Gasteiger partial charge >= 0.3 is 5.97 Å². The molecule has 2 amide bonds. The van der Waals surface area contributed by atoms with Crippen LogP contribution in [0.15, 0.2) is 28.7 Å². The van der Waals surface area contributed by atoms with Crippen molar-refractivity contribution in [3.05, 3.63) is 46.7 Å². The van der Waals surface area contributed by atoms with Gasteiger partial charge in [-0.2, -0.15) is 0 Å². The van der Waals surface area contributed by atoms with E-state index in [1.165, 1.54) is 6.92 Å². The van der Waals surface area contributed by atoms with Crippen molar-refractivity contribution < 1.29 is 28.3 Å². The summed E-state index contributed by atoms with van der Waals surface area (Å²) >= 11 is 0. The Kier molecular flexibility index (Phi) is 6.81. The molecule has 8 heteroatoms. The third-order valence-electron chi connectivity index (χ3n) is 3.72. The fraction of sp³-hybridized carbons (Fsp3) is 0.350. The van der Waals surface area contributed by atoms with Gasteiger partial charge in [0.05, 0.1) is 13.2 Å². The van der Waals surface area contributed by atoms with Crippen molar-refractivity contribution in [2.75, 3.05) is 18.5 Å². The Morgan fingerprint density at radius 2 is 1.93 bits per heavy atom. The van der Waals surface area contributed by atoms with Gasteiger partial charge in [-0.3, -0.25) is 14.9 Å². The van der Waals surface area contributed by atoms with Gasteiger partial charge < -0.3 is 19.6 Å². The number of rotatable bonds is 8. The quantitative estimate of drug-likeness (QED) is 0.670. The zero-order valence-electron chi connectivity index (χ0n) is 16.3. The average molecular weight is 388 g/mol. The standard InChI is InChI=1S/C20H24N2O6/c1-5-26-20(25)15-12(4)28-19(16(15)17(21)23)22-18(24)13-7-6-8-14(9-13)27-10-11(2)3/h6-9,11H,5,10H2,1-4H3,(H2,21,23)(H,22,24). The number of benzene rings is 1. The molecule has 150 valence electrons. The van der Waals surface area contributed by atoms with E-state index in [0.29, 0.717) is 23.8 Å². The fourth-order valence-electron chi connectivity index (χ4n) is 2.48. The van der Waals surface area contributed by atoms with Crippen LogP contribution in [-0.4, -0.2) is 31.0 Å². The van der Waals surface area contributed by atoms with E-state index < -0.39 is 17.8 Å². The van der Waals surface area contributed by atoms with E-state index in [0.717, 1.165) is 0 Å². The second-order valence-corrected chi connectivity index (χ2v) is 6.51. The number of anilines is 1. The number of carbonyl (C=O) groups excluding carboxylic acids is 3. The van der Waals surface area contributed by atoms with E-state index in [4.69, 9.17) is 19.6 Å². The summed E-state index contributed by atoms with van der Waals surface area (Å²) in [6.07, 6.45) is 0. The van der Waals surface area contributed by atoms with Crippen molar-refractivity contribution in [3.8, 4) is 5.75 Å². The minimum Gasteiger partial charge on any atom is -0.493 e. The molecule has 0 aliphatic rings. The molecule has 1 aromatic carbocycles. The van der Waals surface area contributed by atoms with Crippen LogP contribution in [-0.2, 0) is 4.74 Å². The lowest BCUT2D eigenvalue weighted by molar-refractivity contribution is 0.0521. The molecule has 0 fully saturated rings. The van der Waals surface area contributed by atoms with Crippen LogP contribution in [0, 0.1) is 12.8 Å². The molecular weight excluding hydrogens is 364 g/mol. The maximum atomic E-state index is 12.6. The van der Waals surface area contributed by atoms with E-state index in [1.807, 2.05) is 13.8 Å². The molecule has 8 nitrogen and oxygen atoms in total. The molecule has 1 heterocycles. The third kappa shape index (κ3) is 4.91. The molecule has 0 aliphatic carbocycles. The van der Waals surface area contributed by atoms with Crippen LogP contribution in [0.1, 0.15) is 57.6 Å². The smallest absolute Gasteiger partial charge is 0.342 e. The molecule has 0 bridgehead atoms. The number of ether oxygens (including phenoxy) is 2. The number of hydrogen-bond donors (Lipinski definition) is 2. The number of furan rings is 1. The normalized spacial score (nSPS) is 10.6. The van der Waals surface area contributed by atoms with Crippen LogP contribution in [0.4, 0.5) is 5.88 Å². The SMILES string of the molecule is CCOC(=O)c1c(C)oc(NC(=O)c2cccc(OCC(C)C)c2)c1C(N)=O. The van der Waals surface area contributed by atoms with Gasteiger partial charge in [0.2, 0.25) is 5.88 Å². The Balaban J connectivity index is 2.29. The first-order chi connectivity index (χ1) is 13.2. The lowest BCUT2D eigenvalue weighted by Crippen LogP contribution is -2.20. The maximum absolute atomic E-state index is 12.6. The Morgan fingerprint density at radius 1 is 1.21 bits per heavy atom. The van der Waals surface area contributed by atoms with E-state index in [1.54, 1.807) is 31.2 Å². The first-order valence-electron chi connectivity index (χ1n) is 8.89. The molecule has 3 N–H and O–H groups in total. The van der Waals surface area contributed by atoms with Gasteiger partial charge in [0.25, 0.3) is 11.8 Å². The molecule has 0 aliphatic heterocycles. The fourth-order valence-corrected chi connectivity index (χ4v) is 2.48. The third-order valence-corrected chi connectivity index (χ3v) is 3.72. The second kappa shape index (κ2) is 9.07. The number of aryl methyl sites for hydroxylation is 1. The predicted molar refractivity (Wildman–Crippen MR) is 103 cm³/mol. The lowest BCUT2D eigenvalue weighted by Gasteiger charge is -2.10. The molecule has 2 aromatic rings. The average Bonchev–Trinajstić information content (AvgIpc) is 2.96. The maximum Gasteiger partial charge on any atom is 0.342 e. The molecule has 0 spiro atoms. The van der Waals surface area contributed by atoms with Crippen LogP contribution < -0.4 is 15.8 Å². The summed E-state index contributed by atoms with van der Waals surface area (Å²) < 4.78 is 16.0. The monoisotopic (exact) mass is 388 g/mol. The first kappa shape index (κ1) is 21.0. The van der Waals surface area contributed by atoms with Gasteiger partial charge in [0, 0.05) is 5.56 Å². The predicted octanol–water partition coefficient (Wildman–Crippen LogP) is 3.15. The number of primary amides is 1. The molecule has 28 heavy (non-hydrogen) atoms. The minimum absolute atomic E-state index is 0.0985. The summed E-state index contributed by atoms with van der Waals surface area (Å²) in [4.78, 5) is 36.6. The van der Waals surface area contributed by atoms with Crippen molar-refractivity contribution in [2.45, 2.75) is 27.7 Å². The van der Waals surface area contributed by atoms with Gasteiger partial charge in [-0.1, -0.05) is 19.9 Å². The van der Waals surface area contributed by atoms with Crippen molar-refractivity contribution in [3.63, 3.8) is 0 Å². The van der Waals surface area contributed by atoms with Crippen LogP contribution >= 0.6 is 0 Å². The number of esters is 1. The summed E-state index contributed by atoms with van der Waals surface area (Å²) in [5, 5.41) is 2.49. The molecule has 1 aromatic heterocycles. The van der Waals surface area contributed by atoms with Crippen LogP contribution in [0.2, 0.25) is 0 Å². The van der Waals surface area contributed by atoms with Gasteiger partial charge in [-0.05, 0) is 38.0 Å². The molecule has 2 rings (SSSR count). The minimum atomic E-state index is -0.913. The van der Waals surface area contributed by atoms with E-state index >= 15 is 0 Å². The van der Waals surface area contributed by atoms with E-state index in [9.17, 15) is 14.4 Å². The largest absolute Gasteiger partial charge is 0.493 e. The molecular formula is C20H24N2O6. The first-order valence-corrected chi connectivity index (χ1v) is 8.89. The highest BCUT2D eigenvalue weighted by Gasteiger charge is 2.29. The van der Waals surface area contributed by atoms with Crippen molar-refractivity contribution in [1.82, 2.24) is 0 Å². The summed E-state index contributed by atoms with van der Waals surface area (Å²) in [5.74, 6) is -1.40. The topological polar surface area (TPSA) is 121 Å². The zero-order valence-corrected chi connectivity index (χ0v) is 16.3. The van der Waals surface area contributed by atoms with Crippen molar-refractivity contribution in [2.24, 2.45) is 11.7 Å². The Morgan fingerprint density at radius 3 is 2.54 bits per heavy atom. The Hall–Kier alpha value is -3.29. The van der Waals surface area contributed by atoms with Gasteiger partial charge in [-0.15, -0.1) is 0 Å². The summed E-state index contributed by atoms with van der Waals surface area (Å²) in [5.41, 5.74) is 5.36. The van der Waals surface area contributed by atoms with Crippen LogP contribution in [0.3, 0.4) is 0 Å². The molecule has 0 saturated heterocycles. The van der Waals surface area contributed by atoms with Gasteiger partial charge in [-0.25, -0.2) is 4.79 Å². The second-order valence-electron chi connectivity index (χ2n) is 6.51. The molecule has 0 radical (unpaired) electrons. The van der Waals surface area contributed by atoms with Crippen molar-refractivity contribution >= 4 is 23.7 Å². The van der Waals surface area contributed by atoms with Crippen LogP contribution in [0.25, 0.3) is 0 Å². The van der Waals surface area contributed by atoms with Gasteiger partial charge in [0.15, 0.2) is 0 Å². The summed E-state index contributed by atoms with van der Waals surface area (Å²) in [6, 6.07) is 6.58. The zero-order chi connectivity index (χ0) is 20.8. The Bertz CT molecular complexity index is 885. The van der Waals surface area contributed by atoms with Crippen LogP contribution in [0.5, 0.6) is 5.75 Å². The number of nitrogens with two attached hydrogens (primary N) is 1. The molecule has 0 atom stereocenters. The van der Waals surface area contributed by atoms with E-state index in [2.05, 4.69) is 5.32 Å².